The number of hydrogen-bond acceptors (Lipinski definition) is 6. The number of benzene rings is 2. The summed E-state index contributed by atoms with van der Waals surface area (Å²) in [4.78, 5) is 14.5. The summed E-state index contributed by atoms with van der Waals surface area (Å²) >= 11 is 1.32. The second kappa shape index (κ2) is 9.48. The lowest BCUT2D eigenvalue weighted by atomic mass is 10.1. The molecule has 1 aromatic heterocycles. The SMILES string of the molecule is Cc1ccccc1-n1nnnc1SCC(=O)NC[C@@H](c1ccccc1)N(C)C. The quantitative estimate of drug-likeness (QED) is 0.590. The molecule has 0 radical (unpaired) electrons. The van der Waals surface area contributed by atoms with Gasteiger partial charge in [-0.1, -0.05) is 60.3 Å². The van der Waals surface area contributed by atoms with Crippen molar-refractivity contribution in [2.45, 2.75) is 18.1 Å². The molecule has 146 valence electrons. The van der Waals surface area contributed by atoms with E-state index in [-0.39, 0.29) is 17.7 Å². The van der Waals surface area contributed by atoms with E-state index in [1.54, 1.807) is 4.68 Å². The second-order valence-corrected chi connectivity index (χ2v) is 7.59. The molecule has 1 amide bonds. The third-order valence-corrected chi connectivity index (χ3v) is 5.34. The number of amides is 1. The smallest absolute Gasteiger partial charge is 0.230 e. The van der Waals surface area contributed by atoms with Crippen LogP contribution in [0.3, 0.4) is 0 Å². The first-order valence-corrected chi connectivity index (χ1v) is 10.00. The lowest BCUT2D eigenvalue weighted by Gasteiger charge is -2.25. The van der Waals surface area contributed by atoms with Crippen LogP contribution in [0.1, 0.15) is 17.2 Å². The van der Waals surface area contributed by atoms with E-state index in [1.165, 1.54) is 17.3 Å². The third kappa shape index (κ3) is 4.96. The predicted octanol–water partition coefficient (Wildman–Crippen LogP) is 2.48. The number of thioether (sulfide) groups is 1. The molecule has 2 aromatic carbocycles. The Morgan fingerprint density at radius 1 is 1.14 bits per heavy atom. The summed E-state index contributed by atoms with van der Waals surface area (Å²) in [6.07, 6.45) is 0. The number of tetrazole rings is 1. The fourth-order valence-electron chi connectivity index (χ4n) is 2.89. The average molecular weight is 397 g/mol. The highest BCUT2D eigenvalue weighted by Gasteiger charge is 2.16. The molecule has 1 N–H and O–H groups in total. The van der Waals surface area contributed by atoms with Gasteiger partial charge in [-0.15, -0.1) is 5.10 Å². The second-order valence-electron chi connectivity index (χ2n) is 6.64. The van der Waals surface area contributed by atoms with Gasteiger partial charge in [-0.05, 0) is 48.6 Å². The van der Waals surface area contributed by atoms with E-state index < -0.39 is 0 Å². The maximum Gasteiger partial charge on any atom is 0.230 e. The molecule has 0 spiro atoms. The van der Waals surface area contributed by atoms with Gasteiger partial charge in [0.2, 0.25) is 11.1 Å². The zero-order valence-electron chi connectivity index (χ0n) is 16.2. The standard InChI is InChI=1S/C20H24N6OS/c1-15-9-7-8-12-17(15)26-20(22-23-24-26)28-14-19(27)21-13-18(25(2)3)16-10-5-4-6-11-16/h4-12,18H,13-14H2,1-3H3,(H,21,27)/t18-/m0/s1. The Morgan fingerprint density at radius 3 is 2.57 bits per heavy atom. The summed E-state index contributed by atoms with van der Waals surface area (Å²) in [5, 5.41) is 15.5. The van der Waals surface area contributed by atoms with Gasteiger partial charge in [0.15, 0.2) is 0 Å². The van der Waals surface area contributed by atoms with Crippen molar-refractivity contribution in [2.24, 2.45) is 0 Å². The van der Waals surface area contributed by atoms with E-state index in [4.69, 9.17) is 0 Å². The van der Waals surface area contributed by atoms with Crippen LogP contribution in [0.2, 0.25) is 0 Å². The van der Waals surface area contributed by atoms with Gasteiger partial charge < -0.3 is 10.2 Å². The topological polar surface area (TPSA) is 75.9 Å². The molecule has 28 heavy (non-hydrogen) atoms. The normalized spacial score (nSPS) is 12.1. The van der Waals surface area contributed by atoms with Crippen LogP contribution in [0.4, 0.5) is 0 Å². The van der Waals surface area contributed by atoms with Gasteiger partial charge in [-0.25, -0.2) is 0 Å². The molecule has 8 heteroatoms. The number of aryl methyl sites for hydroxylation is 1. The van der Waals surface area contributed by atoms with Crippen molar-refractivity contribution in [3.63, 3.8) is 0 Å². The van der Waals surface area contributed by atoms with Crippen LogP contribution in [-0.2, 0) is 4.79 Å². The molecule has 0 fully saturated rings. The van der Waals surface area contributed by atoms with Crippen molar-refractivity contribution in [3.8, 4) is 5.69 Å². The highest BCUT2D eigenvalue weighted by atomic mass is 32.2. The van der Waals surface area contributed by atoms with Gasteiger partial charge in [-0.3, -0.25) is 4.79 Å². The molecule has 0 aliphatic heterocycles. The molecule has 1 atom stereocenters. The first-order chi connectivity index (χ1) is 13.6. The van der Waals surface area contributed by atoms with Gasteiger partial charge in [0.05, 0.1) is 17.5 Å². The fraction of sp³-hybridized carbons (Fsp3) is 0.300. The fourth-order valence-corrected chi connectivity index (χ4v) is 3.60. The molecule has 0 saturated carbocycles. The van der Waals surface area contributed by atoms with Crippen molar-refractivity contribution in [2.75, 3.05) is 26.4 Å². The lowest BCUT2D eigenvalue weighted by molar-refractivity contribution is -0.118. The van der Waals surface area contributed by atoms with Crippen LogP contribution in [0.25, 0.3) is 5.69 Å². The lowest BCUT2D eigenvalue weighted by Crippen LogP contribution is -2.35. The van der Waals surface area contributed by atoms with Crippen molar-refractivity contribution < 1.29 is 4.79 Å². The Kier molecular flexibility index (Phi) is 6.78. The highest BCUT2D eigenvalue weighted by Crippen LogP contribution is 2.20. The van der Waals surface area contributed by atoms with Crippen LogP contribution < -0.4 is 5.32 Å². The minimum Gasteiger partial charge on any atom is -0.353 e. The van der Waals surface area contributed by atoms with Crippen LogP contribution in [-0.4, -0.2) is 57.4 Å². The summed E-state index contributed by atoms with van der Waals surface area (Å²) in [5.74, 6) is 0.202. The molecule has 1 heterocycles. The number of likely N-dealkylation sites (N-methyl/N-ethyl adjacent to an activating group) is 1. The summed E-state index contributed by atoms with van der Waals surface area (Å²) in [5.41, 5.74) is 3.15. The van der Waals surface area contributed by atoms with E-state index >= 15 is 0 Å². The number of hydrogen-bond donors (Lipinski definition) is 1. The first kappa shape index (κ1) is 20.0. The Labute approximate surface area is 169 Å². The summed E-state index contributed by atoms with van der Waals surface area (Å²) in [6.45, 7) is 2.54. The van der Waals surface area contributed by atoms with Gasteiger partial charge in [-0.2, -0.15) is 4.68 Å². The molecular formula is C20H24N6OS. The first-order valence-electron chi connectivity index (χ1n) is 9.01. The Morgan fingerprint density at radius 2 is 1.86 bits per heavy atom. The molecule has 0 bridgehead atoms. The van der Waals surface area contributed by atoms with E-state index in [0.29, 0.717) is 11.7 Å². The molecule has 0 aliphatic carbocycles. The number of nitrogens with one attached hydrogen (secondary N) is 1. The molecule has 0 unspecified atom stereocenters. The largest absolute Gasteiger partial charge is 0.353 e. The molecule has 7 nitrogen and oxygen atoms in total. The summed E-state index contributed by atoms with van der Waals surface area (Å²) < 4.78 is 1.67. The minimum atomic E-state index is -0.0490. The van der Waals surface area contributed by atoms with E-state index in [0.717, 1.165) is 11.3 Å². The van der Waals surface area contributed by atoms with Gasteiger partial charge >= 0.3 is 0 Å². The minimum absolute atomic E-state index is 0.0490. The van der Waals surface area contributed by atoms with Crippen LogP contribution in [0, 0.1) is 6.92 Å². The van der Waals surface area contributed by atoms with Gasteiger partial charge in [0, 0.05) is 6.54 Å². The number of aromatic nitrogens is 4. The Hall–Kier alpha value is -2.71. The van der Waals surface area contributed by atoms with Crippen molar-refractivity contribution in [1.29, 1.82) is 0 Å². The highest BCUT2D eigenvalue weighted by molar-refractivity contribution is 7.99. The predicted molar refractivity (Wildman–Crippen MR) is 110 cm³/mol. The van der Waals surface area contributed by atoms with E-state index in [9.17, 15) is 4.79 Å². The van der Waals surface area contributed by atoms with Crippen molar-refractivity contribution >= 4 is 17.7 Å². The maximum absolute atomic E-state index is 12.4. The molecule has 3 rings (SSSR count). The molecule has 0 aliphatic rings. The molecule has 3 aromatic rings. The average Bonchev–Trinajstić information content (AvgIpc) is 3.16. The third-order valence-electron chi connectivity index (χ3n) is 4.42. The number of rotatable bonds is 8. The Balaban J connectivity index is 1.58. The maximum atomic E-state index is 12.4. The van der Waals surface area contributed by atoms with Crippen molar-refractivity contribution in [1.82, 2.24) is 30.4 Å². The monoisotopic (exact) mass is 396 g/mol. The zero-order valence-corrected chi connectivity index (χ0v) is 17.1. The zero-order chi connectivity index (χ0) is 19.9. The number of nitrogens with zero attached hydrogens (tertiary/aromatic N) is 5. The number of carbonyl (C=O) groups excluding carboxylic acids is 1. The van der Waals surface area contributed by atoms with Crippen LogP contribution in [0.15, 0.2) is 59.8 Å². The van der Waals surface area contributed by atoms with E-state index in [1.807, 2.05) is 63.5 Å². The van der Waals surface area contributed by atoms with Crippen LogP contribution in [0.5, 0.6) is 0 Å². The summed E-state index contributed by atoms with van der Waals surface area (Å²) in [6, 6.07) is 18.1. The molecule has 0 saturated heterocycles. The Bertz CT molecular complexity index is 912. The summed E-state index contributed by atoms with van der Waals surface area (Å²) in [7, 11) is 4.02. The number of carbonyl (C=O) groups is 1. The van der Waals surface area contributed by atoms with Crippen LogP contribution >= 0.6 is 11.8 Å². The molecular weight excluding hydrogens is 372 g/mol. The van der Waals surface area contributed by atoms with Crippen molar-refractivity contribution in [3.05, 3.63) is 65.7 Å². The number of para-hydroxylation sites is 1. The van der Waals surface area contributed by atoms with Gasteiger partial charge in [0.25, 0.3) is 0 Å². The van der Waals surface area contributed by atoms with E-state index in [2.05, 4.69) is 37.9 Å². The van der Waals surface area contributed by atoms with Gasteiger partial charge in [0.1, 0.15) is 0 Å².